The van der Waals surface area contributed by atoms with Crippen molar-refractivity contribution in [3.8, 4) is 0 Å². The first-order valence-corrected chi connectivity index (χ1v) is 5.01. The van der Waals surface area contributed by atoms with Crippen molar-refractivity contribution in [2.75, 3.05) is 0 Å². The van der Waals surface area contributed by atoms with Crippen LogP contribution >= 0.6 is 0 Å². The molecule has 0 aliphatic carbocycles. The summed E-state index contributed by atoms with van der Waals surface area (Å²) in [5, 5.41) is 8.89. The molecule has 78 valence electrons. The van der Waals surface area contributed by atoms with Gasteiger partial charge in [-0.2, -0.15) is 0 Å². The Hall–Kier alpha value is -0.530. The quantitative estimate of drug-likeness (QED) is 0.732. The van der Waals surface area contributed by atoms with Crippen molar-refractivity contribution in [1.82, 2.24) is 0 Å². The largest absolute Gasteiger partial charge is 0.481 e. The van der Waals surface area contributed by atoms with Crippen molar-refractivity contribution >= 4 is 5.97 Å². The normalized spacial score (nSPS) is 16.7. The summed E-state index contributed by atoms with van der Waals surface area (Å²) in [6, 6.07) is 0. The van der Waals surface area contributed by atoms with E-state index < -0.39 is 5.97 Å². The molecule has 0 saturated heterocycles. The van der Waals surface area contributed by atoms with Gasteiger partial charge < -0.3 is 5.11 Å². The van der Waals surface area contributed by atoms with Gasteiger partial charge in [-0.25, -0.2) is 0 Å². The van der Waals surface area contributed by atoms with E-state index in [0.29, 0.717) is 5.92 Å². The van der Waals surface area contributed by atoms with Gasteiger partial charge in [0.25, 0.3) is 0 Å². The molecule has 2 nitrogen and oxygen atoms in total. The second kappa shape index (κ2) is 4.64. The summed E-state index contributed by atoms with van der Waals surface area (Å²) in [5.74, 6) is -0.374. The standard InChI is InChI=1S/C11H22O2/c1-6-9(10(12)13)7-8(2)11(3,4)5/h8-9H,6-7H2,1-5H3,(H,12,13)/t8-,9+/m0/s1. The Morgan fingerprint density at radius 2 is 1.85 bits per heavy atom. The third-order valence-electron chi connectivity index (χ3n) is 2.96. The van der Waals surface area contributed by atoms with Crippen LogP contribution in [-0.4, -0.2) is 11.1 Å². The van der Waals surface area contributed by atoms with Crippen LogP contribution in [0.4, 0.5) is 0 Å². The van der Waals surface area contributed by atoms with Crippen LogP contribution in [0, 0.1) is 17.3 Å². The fourth-order valence-corrected chi connectivity index (χ4v) is 1.22. The third kappa shape index (κ3) is 4.30. The lowest BCUT2D eigenvalue weighted by molar-refractivity contribution is -0.142. The molecule has 0 saturated carbocycles. The summed E-state index contributed by atoms with van der Waals surface area (Å²) >= 11 is 0. The second-order valence-electron chi connectivity index (χ2n) is 4.95. The molecule has 0 aromatic heterocycles. The zero-order valence-corrected chi connectivity index (χ0v) is 9.42. The maximum Gasteiger partial charge on any atom is 0.306 e. The summed E-state index contributed by atoms with van der Waals surface area (Å²) in [5.41, 5.74) is 0.211. The minimum atomic E-state index is -0.654. The number of hydrogen-bond acceptors (Lipinski definition) is 1. The Morgan fingerprint density at radius 1 is 1.38 bits per heavy atom. The van der Waals surface area contributed by atoms with Gasteiger partial charge >= 0.3 is 5.97 Å². The van der Waals surface area contributed by atoms with E-state index in [1.54, 1.807) is 0 Å². The zero-order chi connectivity index (χ0) is 10.6. The van der Waals surface area contributed by atoms with E-state index in [1.165, 1.54) is 0 Å². The van der Waals surface area contributed by atoms with Crippen molar-refractivity contribution < 1.29 is 9.90 Å². The Labute approximate surface area is 81.3 Å². The van der Waals surface area contributed by atoms with Crippen LogP contribution < -0.4 is 0 Å². The van der Waals surface area contributed by atoms with Crippen LogP contribution in [-0.2, 0) is 4.79 Å². The maximum absolute atomic E-state index is 10.8. The molecule has 0 aromatic rings. The van der Waals surface area contributed by atoms with Crippen LogP contribution in [0.5, 0.6) is 0 Å². The van der Waals surface area contributed by atoms with Crippen molar-refractivity contribution in [2.24, 2.45) is 17.3 Å². The molecule has 0 bridgehead atoms. The molecule has 0 aromatic carbocycles. The molecule has 0 radical (unpaired) electrons. The first-order valence-electron chi connectivity index (χ1n) is 5.01. The number of hydrogen-bond donors (Lipinski definition) is 1. The molecule has 0 amide bonds. The first-order chi connectivity index (χ1) is 5.79. The number of aliphatic carboxylic acids is 1. The van der Waals surface area contributed by atoms with Crippen molar-refractivity contribution in [3.05, 3.63) is 0 Å². The smallest absolute Gasteiger partial charge is 0.306 e. The second-order valence-corrected chi connectivity index (χ2v) is 4.95. The highest BCUT2D eigenvalue weighted by Crippen LogP contribution is 2.31. The molecule has 0 spiro atoms. The highest BCUT2D eigenvalue weighted by Gasteiger charge is 2.25. The average molecular weight is 186 g/mol. The van der Waals surface area contributed by atoms with Gasteiger partial charge in [0, 0.05) is 0 Å². The van der Waals surface area contributed by atoms with E-state index in [4.69, 9.17) is 5.11 Å². The van der Waals surface area contributed by atoms with Gasteiger partial charge in [-0.05, 0) is 24.2 Å². The Balaban J connectivity index is 4.17. The highest BCUT2D eigenvalue weighted by atomic mass is 16.4. The predicted octanol–water partition coefficient (Wildman–Crippen LogP) is 3.17. The van der Waals surface area contributed by atoms with Gasteiger partial charge in [-0.15, -0.1) is 0 Å². The van der Waals surface area contributed by atoms with Crippen LogP contribution in [0.2, 0.25) is 0 Å². The Bertz CT molecular complexity index is 167. The lowest BCUT2D eigenvalue weighted by Gasteiger charge is -2.29. The van der Waals surface area contributed by atoms with Gasteiger partial charge in [0.1, 0.15) is 0 Å². The molecule has 0 fully saturated rings. The van der Waals surface area contributed by atoms with Crippen molar-refractivity contribution in [3.63, 3.8) is 0 Å². The average Bonchev–Trinajstić information content (AvgIpc) is 1.96. The van der Waals surface area contributed by atoms with E-state index in [2.05, 4.69) is 27.7 Å². The van der Waals surface area contributed by atoms with Crippen molar-refractivity contribution in [2.45, 2.75) is 47.5 Å². The van der Waals surface area contributed by atoms with Gasteiger partial charge in [0.05, 0.1) is 5.92 Å². The van der Waals surface area contributed by atoms with Crippen molar-refractivity contribution in [1.29, 1.82) is 0 Å². The Kier molecular flexibility index (Phi) is 4.45. The molecule has 13 heavy (non-hydrogen) atoms. The maximum atomic E-state index is 10.8. The van der Waals surface area contributed by atoms with E-state index in [0.717, 1.165) is 12.8 Å². The highest BCUT2D eigenvalue weighted by molar-refractivity contribution is 5.69. The summed E-state index contributed by atoms with van der Waals surface area (Å²) in [6.07, 6.45) is 1.52. The zero-order valence-electron chi connectivity index (χ0n) is 9.42. The topological polar surface area (TPSA) is 37.3 Å². The molecule has 1 N–H and O–H groups in total. The monoisotopic (exact) mass is 186 g/mol. The molecule has 2 atom stereocenters. The van der Waals surface area contributed by atoms with E-state index in [-0.39, 0.29) is 11.3 Å². The summed E-state index contributed by atoms with van der Waals surface area (Å²) < 4.78 is 0. The van der Waals surface area contributed by atoms with Gasteiger partial charge in [0.2, 0.25) is 0 Å². The Morgan fingerprint density at radius 3 is 2.08 bits per heavy atom. The molecule has 0 aliphatic rings. The number of carboxylic acids is 1. The lowest BCUT2D eigenvalue weighted by atomic mass is 9.76. The lowest BCUT2D eigenvalue weighted by Crippen LogP contribution is -2.23. The number of rotatable bonds is 4. The summed E-state index contributed by atoms with van der Waals surface area (Å²) in [4.78, 5) is 10.8. The molecular formula is C11H22O2. The van der Waals surface area contributed by atoms with Crippen LogP contribution in [0.25, 0.3) is 0 Å². The van der Waals surface area contributed by atoms with E-state index >= 15 is 0 Å². The summed E-state index contributed by atoms with van der Waals surface area (Å²) in [6.45, 7) is 10.5. The fraction of sp³-hybridized carbons (Fsp3) is 0.909. The molecule has 0 aliphatic heterocycles. The molecular weight excluding hydrogens is 164 g/mol. The van der Waals surface area contributed by atoms with Crippen LogP contribution in [0.1, 0.15) is 47.5 Å². The molecule has 2 heteroatoms. The predicted molar refractivity (Wildman–Crippen MR) is 54.7 cm³/mol. The van der Waals surface area contributed by atoms with Gasteiger partial charge in [-0.3, -0.25) is 4.79 Å². The van der Waals surface area contributed by atoms with Crippen LogP contribution in [0.15, 0.2) is 0 Å². The van der Waals surface area contributed by atoms with Gasteiger partial charge in [0.15, 0.2) is 0 Å². The third-order valence-corrected chi connectivity index (χ3v) is 2.96. The van der Waals surface area contributed by atoms with Gasteiger partial charge in [-0.1, -0.05) is 34.6 Å². The minimum Gasteiger partial charge on any atom is -0.481 e. The first kappa shape index (κ1) is 12.5. The molecule has 0 rings (SSSR count). The summed E-state index contributed by atoms with van der Waals surface area (Å²) in [7, 11) is 0. The number of carboxylic acid groups (broad SMARTS) is 1. The van der Waals surface area contributed by atoms with E-state index in [1.807, 2.05) is 6.92 Å². The van der Waals surface area contributed by atoms with E-state index in [9.17, 15) is 4.79 Å². The minimum absolute atomic E-state index is 0.172. The number of carbonyl (C=O) groups is 1. The SMILES string of the molecule is CC[C@H](C[C@H](C)C(C)(C)C)C(=O)O. The fourth-order valence-electron chi connectivity index (χ4n) is 1.22. The van der Waals surface area contributed by atoms with Crippen LogP contribution in [0.3, 0.4) is 0 Å². The molecule has 0 heterocycles. The molecule has 0 unspecified atom stereocenters.